The van der Waals surface area contributed by atoms with Crippen LogP contribution in [0, 0.1) is 5.92 Å². The number of rotatable bonds is 6. The van der Waals surface area contributed by atoms with Gasteiger partial charge in [-0.1, -0.05) is 37.2 Å². The van der Waals surface area contributed by atoms with Gasteiger partial charge in [0.2, 0.25) is 0 Å². The summed E-state index contributed by atoms with van der Waals surface area (Å²) in [5.41, 5.74) is -0.197. The van der Waals surface area contributed by atoms with Crippen LogP contribution < -0.4 is 11.2 Å². The van der Waals surface area contributed by atoms with Crippen LogP contribution in [0.5, 0.6) is 0 Å². The number of aromatic amines is 1. The zero-order valence-electron chi connectivity index (χ0n) is 17.0. The third-order valence-corrected chi connectivity index (χ3v) is 4.58. The van der Waals surface area contributed by atoms with E-state index < -0.39 is 17.2 Å². The SMILES string of the molecule is CC(C)Cc1noc(COC(=O)c2ccc3c(=O)n(-c4ccccc4)c(=O)[nH]c3c2)n1. The maximum Gasteiger partial charge on any atom is 0.338 e. The lowest BCUT2D eigenvalue weighted by Crippen LogP contribution is -2.33. The highest BCUT2D eigenvalue weighted by atomic mass is 16.6. The topological polar surface area (TPSA) is 120 Å². The Bertz CT molecular complexity index is 1350. The fraction of sp³-hybridized carbons (Fsp3) is 0.227. The summed E-state index contributed by atoms with van der Waals surface area (Å²) < 4.78 is 11.3. The molecule has 31 heavy (non-hydrogen) atoms. The van der Waals surface area contributed by atoms with Gasteiger partial charge in [-0.3, -0.25) is 4.79 Å². The lowest BCUT2D eigenvalue weighted by Gasteiger charge is -2.07. The number of para-hydroxylation sites is 1. The van der Waals surface area contributed by atoms with Crippen LogP contribution >= 0.6 is 0 Å². The van der Waals surface area contributed by atoms with Crippen molar-refractivity contribution >= 4 is 16.9 Å². The average molecular weight is 420 g/mol. The first-order valence-electron chi connectivity index (χ1n) is 9.75. The van der Waals surface area contributed by atoms with Gasteiger partial charge in [-0.05, 0) is 36.2 Å². The number of fused-ring (bicyclic) bond motifs is 1. The van der Waals surface area contributed by atoms with Gasteiger partial charge in [0.05, 0.1) is 22.2 Å². The molecule has 158 valence electrons. The number of H-pyrrole nitrogens is 1. The first-order valence-corrected chi connectivity index (χ1v) is 9.75. The van der Waals surface area contributed by atoms with Crippen molar-refractivity contribution < 1.29 is 14.1 Å². The van der Waals surface area contributed by atoms with Gasteiger partial charge in [-0.25, -0.2) is 14.2 Å². The molecule has 0 amide bonds. The monoisotopic (exact) mass is 420 g/mol. The number of ether oxygens (including phenoxy) is 1. The molecule has 0 radical (unpaired) electrons. The second kappa shape index (κ2) is 8.39. The highest BCUT2D eigenvalue weighted by Crippen LogP contribution is 2.13. The van der Waals surface area contributed by atoms with E-state index in [0.29, 0.717) is 23.9 Å². The van der Waals surface area contributed by atoms with Gasteiger partial charge in [0.1, 0.15) is 0 Å². The summed E-state index contributed by atoms with van der Waals surface area (Å²) in [6.07, 6.45) is 0.663. The molecule has 0 spiro atoms. The lowest BCUT2D eigenvalue weighted by molar-refractivity contribution is 0.0430. The van der Waals surface area contributed by atoms with E-state index in [4.69, 9.17) is 9.26 Å². The van der Waals surface area contributed by atoms with Crippen molar-refractivity contribution in [2.24, 2.45) is 5.92 Å². The standard InChI is InChI=1S/C22H20N4O5/c1-13(2)10-18-24-19(31-25-18)12-30-21(28)14-8-9-16-17(11-14)23-22(29)26(20(16)27)15-6-4-3-5-7-15/h3-9,11,13H,10,12H2,1-2H3,(H,23,29). The smallest absolute Gasteiger partial charge is 0.338 e. The van der Waals surface area contributed by atoms with Crippen LogP contribution in [0.3, 0.4) is 0 Å². The summed E-state index contributed by atoms with van der Waals surface area (Å²) in [6.45, 7) is 3.90. The van der Waals surface area contributed by atoms with Crippen LogP contribution in [0.1, 0.15) is 35.9 Å². The molecule has 0 saturated heterocycles. The summed E-state index contributed by atoms with van der Waals surface area (Å²) in [5, 5.41) is 4.12. The number of nitrogens with zero attached hydrogens (tertiary/aromatic N) is 3. The van der Waals surface area contributed by atoms with Gasteiger partial charge in [0.15, 0.2) is 12.4 Å². The quantitative estimate of drug-likeness (QED) is 0.476. The van der Waals surface area contributed by atoms with Crippen molar-refractivity contribution in [1.82, 2.24) is 19.7 Å². The predicted octanol–water partition coefficient (Wildman–Crippen LogP) is 2.62. The van der Waals surface area contributed by atoms with Crippen LogP contribution in [0.2, 0.25) is 0 Å². The lowest BCUT2D eigenvalue weighted by atomic mass is 10.1. The zero-order chi connectivity index (χ0) is 22.0. The van der Waals surface area contributed by atoms with Gasteiger partial charge in [-0.2, -0.15) is 4.98 Å². The molecule has 2 heterocycles. The second-order valence-electron chi connectivity index (χ2n) is 7.45. The van der Waals surface area contributed by atoms with Gasteiger partial charge in [0.25, 0.3) is 11.4 Å². The van der Waals surface area contributed by atoms with Crippen LogP contribution in [0.15, 0.2) is 62.6 Å². The van der Waals surface area contributed by atoms with Crippen LogP contribution in [0.4, 0.5) is 0 Å². The molecule has 0 aliphatic heterocycles. The number of carbonyl (C=O) groups is 1. The summed E-state index contributed by atoms with van der Waals surface area (Å²) in [6, 6.07) is 13.0. The summed E-state index contributed by atoms with van der Waals surface area (Å²) in [4.78, 5) is 44.6. The van der Waals surface area contributed by atoms with E-state index in [2.05, 4.69) is 15.1 Å². The van der Waals surface area contributed by atoms with Gasteiger partial charge in [-0.15, -0.1) is 0 Å². The molecule has 0 atom stereocenters. The van der Waals surface area contributed by atoms with Crippen LogP contribution in [-0.2, 0) is 17.8 Å². The Morgan fingerprint density at radius 1 is 1.16 bits per heavy atom. The van der Waals surface area contributed by atoms with Crippen LogP contribution in [-0.4, -0.2) is 25.7 Å². The average Bonchev–Trinajstić information content (AvgIpc) is 3.19. The van der Waals surface area contributed by atoms with Crippen molar-refractivity contribution in [3.05, 3.63) is 86.6 Å². The molecule has 0 saturated carbocycles. The molecular formula is C22H20N4O5. The first-order chi connectivity index (χ1) is 14.9. The molecule has 1 N–H and O–H groups in total. The van der Waals surface area contributed by atoms with E-state index in [9.17, 15) is 14.4 Å². The molecule has 0 aliphatic carbocycles. The van der Waals surface area contributed by atoms with Crippen molar-refractivity contribution in [3.8, 4) is 5.69 Å². The highest BCUT2D eigenvalue weighted by molar-refractivity contribution is 5.94. The zero-order valence-corrected chi connectivity index (χ0v) is 17.0. The molecule has 2 aromatic heterocycles. The number of hydrogen-bond acceptors (Lipinski definition) is 7. The van der Waals surface area contributed by atoms with Crippen LogP contribution in [0.25, 0.3) is 16.6 Å². The Balaban J connectivity index is 1.56. The van der Waals surface area contributed by atoms with Crippen molar-refractivity contribution in [2.75, 3.05) is 0 Å². The first kappa shape index (κ1) is 20.3. The van der Waals surface area contributed by atoms with E-state index >= 15 is 0 Å². The summed E-state index contributed by atoms with van der Waals surface area (Å²) in [7, 11) is 0. The third-order valence-electron chi connectivity index (χ3n) is 4.58. The second-order valence-corrected chi connectivity index (χ2v) is 7.45. The Hall–Kier alpha value is -4.01. The van der Waals surface area contributed by atoms with E-state index in [1.807, 2.05) is 13.8 Å². The van der Waals surface area contributed by atoms with Crippen molar-refractivity contribution in [2.45, 2.75) is 26.9 Å². The van der Waals surface area contributed by atoms with E-state index in [-0.39, 0.29) is 29.0 Å². The maximum atomic E-state index is 12.8. The Labute approximate surface area is 176 Å². The van der Waals surface area contributed by atoms with Gasteiger partial charge < -0.3 is 14.2 Å². The molecule has 4 aromatic rings. The van der Waals surface area contributed by atoms with E-state index in [1.54, 1.807) is 30.3 Å². The molecule has 4 rings (SSSR count). The van der Waals surface area contributed by atoms with Gasteiger partial charge in [0, 0.05) is 6.42 Å². The molecule has 0 bridgehead atoms. The highest BCUT2D eigenvalue weighted by Gasteiger charge is 2.15. The number of benzene rings is 2. The Morgan fingerprint density at radius 2 is 1.94 bits per heavy atom. The number of hydrogen-bond donors (Lipinski definition) is 1. The maximum absolute atomic E-state index is 12.8. The number of esters is 1. The minimum Gasteiger partial charge on any atom is -0.452 e. The van der Waals surface area contributed by atoms with Gasteiger partial charge >= 0.3 is 11.7 Å². The fourth-order valence-electron chi connectivity index (χ4n) is 3.16. The molecule has 0 aliphatic rings. The molecule has 9 nitrogen and oxygen atoms in total. The number of aromatic nitrogens is 4. The van der Waals surface area contributed by atoms with E-state index in [0.717, 1.165) is 4.57 Å². The predicted molar refractivity (Wildman–Crippen MR) is 112 cm³/mol. The minimum atomic E-state index is -0.640. The van der Waals surface area contributed by atoms with E-state index in [1.165, 1.54) is 18.2 Å². The summed E-state index contributed by atoms with van der Waals surface area (Å²) in [5.74, 6) is 0.487. The molecule has 0 fully saturated rings. The normalized spacial score (nSPS) is 11.2. The Kier molecular flexibility index (Phi) is 5.48. The van der Waals surface area contributed by atoms with Crippen molar-refractivity contribution in [3.63, 3.8) is 0 Å². The largest absolute Gasteiger partial charge is 0.452 e. The van der Waals surface area contributed by atoms with Crippen molar-refractivity contribution in [1.29, 1.82) is 0 Å². The third kappa shape index (κ3) is 4.30. The molecule has 0 unspecified atom stereocenters. The minimum absolute atomic E-state index is 0.173. The number of carbonyl (C=O) groups excluding carboxylic acids is 1. The number of nitrogens with one attached hydrogen (secondary N) is 1. The fourth-order valence-corrected chi connectivity index (χ4v) is 3.16. The summed E-state index contributed by atoms with van der Waals surface area (Å²) >= 11 is 0. The molecular weight excluding hydrogens is 400 g/mol. The molecule has 9 heteroatoms. The molecule has 2 aromatic carbocycles. The Morgan fingerprint density at radius 3 is 2.68 bits per heavy atom.